The molecule has 0 radical (unpaired) electrons. The van der Waals surface area contributed by atoms with Crippen LogP contribution in [0.15, 0.2) is 24.3 Å². The summed E-state index contributed by atoms with van der Waals surface area (Å²) in [7, 11) is 0. The quantitative estimate of drug-likeness (QED) is 0.762. The van der Waals surface area contributed by atoms with E-state index in [0.717, 1.165) is 6.07 Å². The highest BCUT2D eigenvalue weighted by molar-refractivity contribution is 5.33. The molecule has 2 nitrogen and oxygen atoms in total. The first-order chi connectivity index (χ1) is 6.05. The van der Waals surface area contributed by atoms with Gasteiger partial charge in [-0.2, -0.15) is 14.0 Å². The monoisotopic (exact) mass is 183 g/mol. The van der Waals surface area contributed by atoms with Crippen LogP contribution in [-0.4, -0.2) is 11.0 Å². The van der Waals surface area contributed by atoms with Crippen LogP contribution < -0.4 is 0 Å². The van der Waals surface area contributed by atoms with Crippen LogP contribution in [0.4, 0.5) is 8.78 Å². The molecule has 0 bridgehead atoms. The summed E-state index contributed by atoms with van der Waals surface area (Å²) in [5.41, 5.74) is 0.0778. The zero-order chi connectivity index (χ0) is 9.90. The molecular weight excluding hydrogens is 176 g/mol. The van der Waals surface area contributed by atoms with Crippen molar-refractivity contribution in [1.29, 1.82) is 5.26 Å². The average molecular weight is 183 g/mol. The topological polar surface area (TPSA) is 44.0 Å². The highest BCUT2D eigenvalue weighted by atomic mass is 19.3. The van der Waals surface area contributed by atoms with Gasteiger partial charge < -0.3 is 5.11 Å². The summed E-state index contributed by atoms with van der Waals surface area (Å²) < 4.78 is 25.1. The summed E-state index contributed by atoms with van der Waals surface area (Å²) >= 11 is 0. The largest absolute Gasteiger partial charge is 0.508 e. The molecule has 1 N–H and O–H groups in total. The first-order valence-electron chi connectivity index (χ1n) is 3.61. The first-order valence-corrected chi connectivity index (χ1v) is 3.61. The molecule has 0 aliphatic rings. The molecule has 13 heavy (non-hydrogen) atoms. The number of phenols is 1. The number of hydrogen-bond acceptors (Lipinski definition) is 2. The number of phenolic OH excluding ortho intramolecular Hbond substituents is 1. The molecule has 0 aliphatic carbocycles. The predicted octanol–water partition coefficient (Wildman–Crippen LogP) is 2.09. The summed E-state index contributed by atoms with van der Waals surface area (Å²) in [5.74, 6) is -3.63. The Morgan fingerprint density at radius 3 is 2.54 bits per heavy atom. The molecule has 0 saturated carbocycles. The lowest BCUT2D eigenvalue weighted by Crippen LogP contribution is -2.16. The van der Waals surface area contributed by atoms with Gasteiger partial charge in [-0.15, -0.1) is 0 Å². The SMILES string of the molecule is N#CC(F)(F)Cc1ccccc1O. The van der Waals surface area contributed by atoms with Crippen LogP contribution in [-0.2, 0) is 6.42 Å². The van der Waals surface area contributed by atoms with E-state index >= 15 is 0 Å². The summed E-state index contributed by atoms with van der Waals surface area (Å²) in [6.45, 7) is 0. The molecule has 1 aromatic carbocycles. The Bertz CT molecular complexity index is 344. The van der Waals surface area contributed by atoms with Gasteiger partial charge in [0.1, 0.15) is 11.8 Å². The zero-order valence-electron chi connectivity index (χ0n) is 6.67. The first kappa shape index (κ1) is 9.46. The van der Waals surface area contributed by atoms with Crippen molar-refractivity contribution in [3.05, 3.63) is 29.8 Å². The number of alkyl halides is 2. The number of rotatable bonds is 2. The number of hydrogen-bond donors (Lipinski definition) is 1. The summed E-state index contributed by atoms with van der Waals surface area (Å²) in [6.07, 6.45) is -0.754. The molecule has 0 aromatic heterocycles. The molecule has 0 atom stereocenters. The van der Waals surface area contributed by atoms with Gasteiger partial charge in [0.2, 0.25) is 0 Å². The van der Waals surface area contributed by atoms with Gasteiger partial charge in [-0.3, -0.25) is 0 Å². The van der Waals surface area contributed by atoms with Crippen molar-refractivity contribution in [3.63, 3.8) is 0 Å². The van der Waals surface area contributed by atoms with Gasteiger partial charge in [-0.25, -0.2) is 0 Å². The third kappa shape index (κ3) is 2.41. The van der Waals surface area contributed by atoms with Gasteiger partial charge in [0.15, 0.2) is 0 Å². The van der Waals surface area contributed by atoms with E-state index in [-0.39, 0.29) is 11.3 Å². The molecule has 0 heterocycles. The van der Waals surface area contributed by atoms with E-state index in [1.165, 1.54) is 24.3 Å². The van der Waals surface area contributed by atoms with Gasteiger partial charge in [-0.1, -0.05) is 18.2 Å². The maximum Gasteiger partial charge on any atom is 0.336 e. The fraction of sp³-hybridized carbons (Fsp3) is 0.222. The van der Waals surface area contributed by atoms with E-state index in [1.807, 2.05) is 0 Å². The molecule has 68 valence electrons. The van der Waals surface area contributed by atoms with Gasteiger partial charge >= 0.3 is 5.92 Å². The van der Waals surface area contributed by atoms with Crippen LogP contribution in [0.5, 0.6) is 5.75 Å². The minimum absolute atomic E-state index is 0.0778. The lowest BCUT2D eigenvalue weighted by Gasteiger charge is -2.08. The molecule has 0 aliphatic heterocycles. The molecule has 4 heteroatoms. The lowest BCUT2D eigenvalue weighted by molar-refractivity contribution is 0.0639. The Balaban J connectivity index is 2.88. The van der Waals surface area contributed by atoms with Crippen molar-refractivity contribution in [1.82, 2.24) is 0 Å². The van der Waals surface area contributed by atoms with Crippen LogP contribution in [0.25, 0.3) is 0 Å². The highest BCUT2D eigenvalue weighted by Crippen LogP contribution is 2.24. The minimum Gasteiger partial charge on any atom is -0.508 e. The van der Waals surface area contributed by atoms with Crippen LogP contribution in [0.1, 0.15) is 5.56 Å². The fourth-order valence-corrected chi connectivity index (χ4v) is 0.939. The molecule has 0 spiro atoms. The Labute approximate surface area is 74.0 Å². The van der Waals surface area contributed by atoms with Crippen molar-refractivity contribution in [2.75, 3.05) is 0 Å². The van der Waals surface area contributed by atoms with Crippen LogP contribution in [0.3, 0.4) is 0 Å². The number of halogens is 2. The zero-order valence-corrected chi connectivity index (χ0v) is 6.67. The van der Waals surface area contributed by atoms with Crippen LogP contribution in [0.2, 0.25) is 0 Å². The Morgan fingerprint density at radius 1 is 1.38 bits per heavy atom. The van der Waals surface area contributed by atoms with Crippen molar-refractivity contribution < 1.29 is 13.9 Å². The maximum absolute atomic E-state index is 12.5. The summed E-state index contributed by atoms with van der Waals surface area (Å²) in [5, 5.41) is 17.2. The maximum atomic E-state index is 12.5. The molecule has 1 aromatic rings. The number of para-hydroxylation sites is 1. The third-order valence-electron chi connectivity index (χ3n) is 1.57. The average Bonchev–Trinajstić information content (AvgIpc) is 2.09. The van der Waals surface area contributed by atoms with Gasteiger partial charge in [0.25, 0.3) is 0 Å². The Morgan fingerprint density at radius 2 is 2.00 bits per heavy atom. The van der Waals surface area contributed by atoms with Gasteiger partial charge in [0.05, 0.1) is 6.42 Å². The van der Waals surface area contributed by atoms with Gasteiger partial charge in [-0.05, 0) is 6.07 Å². The van der Waals surface area contributed by atoms with Gasteiger partial charge in [0, 0.05) is 5.56 Å². The van der Waals surface area contributed by atoms with E-state index in [4.69, 9.17) is 10.4 Å². The Hall–Kier alpha value is -1.63. The Kier molecular flexibility index (Phi) is 2.47. The third-order valence-corrected chi connectivity index (χ3v) is 1.57. The van der Waals surface area contributed by atoms with Crippen molar-refractivity contribution in [2.45, 2.75) is 12.3 Å². The minimum atomic E-state index is -3.42. The second kappa shape index (κ2) is 3.40. The predicted molar refractivity (Wildman–Crippen MR) is 42.4 cm³/mol. The molecule has 0 saturated heterocycles. The van der Waals surface area contributed by atoms with E-state index in [9.17, 15) is 8.78 Å². The van der Waals surface area contributed by atoms with Crippen molar-refractivity contribution in [3.8, 4) is 11.8 Å². The number of aromatic hydroxyl groups is 1. The summed E-state index contributed by atoms with van der Waals surface area (Å²) in [6, 6.07) is 6.60. The molecule has 0 unspecified atom stereocenters. The second-order valence-electron chi connectivity index (χ2n) is 2.62. The summed E-state index contributed by atoms with van der Waals surface area (Å²) in [4.78, 5) is 0. The van der Waals surface area contributed by atoms with E-state index in [2.05, 4.69) is 0 Å². The van der Waals surface area contributed by atoms with Crippen molar-refractivity contribution >= 4 is 0 Å². The van der Waals surface area contributed by atoms with Crippen LogP contribution in [0, 0.1) is 11.3 Å². The number of nitrogens with zero attached hydrogens (tertiary/aromatic N) is 1. The van der Waals surface area contributed by atoms with Crippen LogP contribution >= 0.6 is 0 Å². The lowest BCUT2D eigenvalue weighted by atomic mass is 10.1. The fourth-order valence-electron chi connectivity index (χ4n) is 0.939. The highest BCUT2D eigenvalue weighted by Gasteiger charge is 2.29. The normalized spacial score (nSPS) is 10.8. The molecule has 0 amide bonds. The number of nitriles is 1. The smallest absolute Gasteiger partial charge is 0.336 e. The second-order valence-corrected chi connectivity index (χ2v) is 2.62. The van der Waals surface area contributed by atoms with E-state index < -0.39 is 12.3 Å². The van der Waals surface area contributed by atoms with E-state index in [1.54, 1.807) is 0 Å². The molecule has 0 fully saturated rings. The molecule has 1 rings (SSSR count). The standard InChI is InChI=1S/C9H7F2NO/c10-9(11,6-12)5-7-3-1-2-4-8(7)13/h1-4,13H,5H2. The molecular formula is C9H7F2NO. The van der Waals surface area contributed by atoms with Crippen molar-refractivity contribution in [2.24, 2.45) is 0 Å². The van der Waals surface area contributed by atoms with E-state index in [0.29, 0.717) is 0 Å². The number of benzene rings is 1.